The van der Waals surface area contributed by atoms with E-state index in [1.165, 1.54) is 0 Å². The number of hydrogen-bond donors (Lipinski definition) is 1. The molecule has 0 radical (unpaired) electrons. The molecule has 1 aromatic rings. The third-order valence-corrected chi connectivity index (χ3v) is 2.63. The van der Waals surface area contributed by atoms with Gasteiger partial charge in [-0.15, -0.1) is 0 Å². The zero-order valence-electron chi connectivity index (χ0n) is 11.5. The van der Waals surface area contributed by atoms with E-state index in [0.29, 0.717) is 6.04 Å². The van der Waals surface area contributed by atoms with E-state index in [2.05, 4.69) is 51.1 Å². The quantitative estimate of drug-likeness (QED) is 0.855. The zero-order chi connectivity index (χ0) is 12.5. The average Bonchev–Trinajstić information content (AvgIpc) is 2.40. The number of nitrogens with zero attached hydrogens (tertiary/aromatic N) is 2. The molecular weight excluding hydrogens is 198 g/mol. The first-order valence-electron chi connectivity index (χ1n) is 6.11. The molecule has 1 rings (SSSR count). The van der Waals surface area contributed by atoms with Crippen molar-refractivity contribution < 1.29 is 0 Å². The van der Waals surface area contributed by atoms with Crippen LogP contribution in [-0.4, -0.2) is 9.55 Å². The van der Waals surface area contributed by atoms with Gasteiger partial charge in [0, 0.05) is 12.5 Å². The molecule has 0 bridgehead atoms. The lowest BCUT2D eigenvalue weighted by Crippen LogP contribution is -2.12. The summed E-state index contributed by atoms with van der Waals surface area (Å²) in [5, 5.41) is 0. The van der Waals surface area contributed by atoms with Crippen LogP contribution in [0.3, 0.4) is 0 Å². The Balaban J connectivity index is 3.13. The Kier molecular flexibility index (Phi) is 3.66. The van der Waals surface area contributed by atoms with Crippen LogP contribution in [0, 0.1) is 5.41 Å². The lowest BCUT2D eigenvalue weighted by molar-refractivity contribution is 0.407. The Morgan fingerprint density at radius 2 is 1.88 bits per heavy atom. The molecule has 16 heavy (non-hydrogen) atoms. The van der Waals surface area contributed by atoms with Crippen molar-refractivity contribution in [3.05, 3.63) is 11.5 Å². The summed E-state index contributed by atoms with van der Waals surface area (Å²) in [6, 6.07) is 0.385. The Bertz CT molecular complexity index is 356. The zero-order valence-corrected chi connectivity index (χ0v) is 11.5. The number of rotatable bonds is 3. The summed E-state index contributed by atoms with van der Waals surface area (Å²) in [4.78, 5) is 4.67. The van der Waals surface area contributed by atoms with Crippen molar-refractivity contribution in [3.63, 3.8) is 0 Å². The minimum atomic E-state index is 0.231. The van der Waals surface area contributed by atoms with E-state index in [1.807, 2.05) is 0 Å². The summed E-state index contributed by atoms with van der Waals surface area (Å²) < 4.78 is 2.15. The van der Waals surface area contributed by atoms with Crippen molar-refractivity contribution in [3.8, 4) is 0 Å². The summed E-state index contributed by atoms with van der Waals surface area (Å²) in [7, 11) is 0. The number of hydrogen-bond acceptors (Lipinski definition) is 2. The molecule has 0 aliphatic carbocycles. The molecule has 0 amide bonds. The lowest BCUT2D eigenvalue weighted by Gasteiger charge is -2.17. The van der Waals surface area contributed by atoms with Crippen LogP contribution in [0.25, 0.3) is 0 Å². The second-order valence-electron chi connectivity index (χ2n) is 5.91. The molecule has 1 heterocycles. The maximum absolute atomic E-state index is 6.19. The summed E-state index contributed by atoms with van der Waals surface area (Å²) in [5.41, 5.74) is 7.47. The SMILES string of the molecule is CCc1nc(CC(C)(C)C)c(N)n1C(C)C. The van der Waals surface area contributed by atoms with E-state index >= 15 is 0 Å². The molecule has 0 saturated carbocycles. The lowest BCUT2D eigenvalue weighted by atomic mass is 9.90. The maximum Gasteiger partial charge on any atom is 0.127 e. The first-order valence-corrected chi connectivity index (χ1v) is 6.11. The largest absolute Gasteiger partial charge is 0.384 e. The first-order chi connectivity index (χ1) is 7.26. The summed E-state index contributed by atoms with van der Waals surface area (Å²) in [5.74, 6) is 1.95. The predicted molar refractivity (Wildman–Crippen MR) is 69.6 cm³/mol. The number of anilines is 1. The van der Waals surface area contributed by atoms with E-state index in [4.69, 9.17) is 5.73 Å². The fourth-order valence-corrected chi connectivity index (χ4v) is 2.00. The normalized spacial score (nSPS) is 12.4. The van der Waals surface area contributed by atoms with Gasteiger partial charge in [0.1, 0.15) is 11.6 Å². The Morgan fingerprint density at radius 1 is 1.31 bits per heavy atom. The Hall–Kier alpha value is -0.990. The maximum atomic E-state index is 6.19. The van der Waals surface area contributed by atoms with Gasteiger partial charge in [0.15, 0.2) is 0 Å². The van der Waals surface area contributed by atoms with Crippen LogP contribution in [0.5, 0.6) is 0 Å². The Labute approximate surface area is 99.1 Å². The summed E-state index contributed by atoms with van der Waals surface area (Å²) in [6.45, 7) is 13.1. The van der Waals surface area contributed by atoms with Gasteiger partial charge < -0.3 is 10.3 Å². The highest BCUT2D eigenvalue weighted by molar-refractivity contribution is 5.39. The van der Waals surface area contributed by atoms with E-state index < -0.39 is 0 Å². The van der Waals surface area contributed by atoms with Crippen molar-refractivity contribution >= 4 is 5.82 Å². The van der Waals surface area contributed by atoms with Crippen LogP contribution in [0.2, 0.25) is 0 Å². The van der Waals surface area contributed by atoms with Gasteiger partial charge >= 0.3 is 0 Å². The van der Waals surface area contributed by atoms with E-state index in [0.717, 1.165) is 30.2 Å². The molecule has 0 fully saturated rings. The predicted octanol–water partition coefficient (Wildman–Crippen LogP) is 3.20. The van der Waals surface area contributed by atoms with Crippen LogP contribution in [0.15, 0.2) is 0 Å². The smallest absolute Gasteiger partial charge is 0.127 e. The third-order valence-electron chi connectivity index (χ3n) is 2.63. The molecule has 0 aromatic carbocycles. The molecule has 3 heteroatoms. The van der Waals surface area contributed by atoms with E-state index in [-0.39, 0.29) is 5.41 Å². The molecule has 92 valence electrons. The first kappa shape index (κ1) is 13.1. The van der Waals surface area contributed by atoms with Crippen LogP contribution in [0.1, 0.15) is 59.1 Å². The number of aryl methyl sites for hydroxylation is 1. The van der Waals surface area contributed by atoms with Crippen molar-refractivity contribution in [1.29, 1.82) is 0 Å². The van der Waals surface area contributed by atoms with Crippen molar-refractivity contribution in [1.82, 2.24) is 9.55 Å². The Morgan fingerprint density at radius 3 is 2.19 bits per heavy atom. The van der Waals surface area contributed by atoms with Crippen molar-refractivity contribution in [2.75, 3.05) is 5.73 Å². The van der Waals surface area contributed by atoms with Gasteiger partial charge in [-0.3, -0.25) is 0 Å². The van der Waals surface area contributed by atoms with Gasteiger partial charge in [-0.05, 0) is 25.7 Å². The van der Waals surface area contributed by atoms with Gasteiger partial charge in [0.2, 0.25) is 0 Å². The molecule has 0 spiro atoms. The molecule has 1 aromatic heterocycles. The fourth-order valence-electron chi connectivity index (χ4n) is 2.00. The van der Waals surface area contributed by atoms with Gasteiger partial charge in [-0.2, -0.15) is 0 Å². The molecular formula is C13H25N3. The highest BCUT2D eigenvalue weighted by atomic mass is 15.2. The highest BCUT2D eigenvalue weighted by Gasteiger charge is 2.20. The molecule has 0 saturated heterocycles. The third kappa shape index (κ3) is 2.77. The molecule has 0 atom stereocenters. The summed E-state index contributed by atoms with van der Waals surface area (Å²) in [6.07, 6.45) is 1.87. The number of aromatic nitrogens is 2. The molecule has 2 N–H and O–H groups in total. The average molecular weight is 223 g/mol. The number of nitrogen functional groups attached to an aromatic ring is 1. The fraction of sp³-hybridized carbons (Fsp3) is 0.769. The van der Waals surface area contributed by atoms with Crippen molar-refractivity contribution in [2.24, 2.45) is 5.41 Å². The minimum absolute atomic E-state index is 0.231. The van der Waals surface area contributed by atoms with Crippen LogP contribution < -0.4 is 5.73 Å². The van der Waals surface area contributed by atoms with Crippen molar-refractivity contribution in [2.45, 2.75) is 60.4 Å². The van der Waals surface area contributed by atoms with Gasteiger partial charge in [-0.25, -0.2) is 4.98 Å². The highest BCUT2D eigenvalue weighted by Crippen LogP contribution is 2.27. The minimum Gasteiger partial charge on any atom is -0.384 e. The van der Waals surface area contributed by atoms with E-state index in [1.54, 1.807) is 0 Å². The standard InChI is InChI=1S/C13H25N3/c1-7-11-15-10(8-13(4,5)6)12(14)16(11)9(2)3/h9H,7-8,14H2,1-6H3. The van der Waals surface area contributed by atoms with Crippen LogP contribution >= 0.6 is 0 Å². The number of nitrogens with two attached hydrogens (primary N) is 1. The monoisotopic (exact) mass is 223 g/mol. The molecule has 0 aliphatic heterocycles. The molecule has 0 aliphatic rings. The second-order valence-corrected chi connectivity index (χ2v) is 5.91. The topological polar surface area (TPSA) is 43.8 Å². The van der Waals surface area contributed by atoms with Crippen LogP contribution in [0.4, 0.5) is 5.82 Å². The second kappa shape index (κ2) is 4.48. The molecule has 3 nitrogen and oxygen atoms in total. The van der Waals surface area contributed by atoms with Gasteiger partial charge in [0.25, 0.3) is 0 Å². The van der Waals surface area contributed by atoms with Crippen LogP contribution in [-0.2, 0) is 12.8 Å². The van der Waals surface area contributed by atoms with Gasteiger partial charge in [-0.1, -0.05) is 27.7 Å². The number of imidazole rings is 1. The molecule has 0 unspecified atom stereocenters. The van der Waals surface area contributed by atoms with E-state index in [9.17, 15) is 0 Å². The summed E-state index contributed by atoms with van der Waals surface area (Å²) >= 11 is 0. The van der Waals surface area contributed by atoms with Gasteiger partial charge in [0.05, 0.1) is 5.69 Å².